The molecule has 0 bridgehead atoms. The number of aromatic nitrogens is 3. The highest BCUT2D eigenvalue weighted by molar-refractivity contribution is 7.99. The van der Waals surface area contributed by atoms with E-state index in [2.05, 4.69) is 15.5 Å². The Bertz CT molecular complexity index is 671. The third kappa shape index (κ3) is 3.47. The molecule has 3 rings (SSSR count). The maximum atomic E-state index is 13.8. The summed E-state index contributed by atoms with van der Waals surface area (Å²) in [6.45, 7) is 2.03. The van der Waals surface area contributed by atoms with Crippen molar-refractivity contribution in [3.8, 4) is 5.69 Å². The molecule has 0 unspecified atom stereocenters. The summed E-state index contributed by atoms with van der Waals surface area (Å²) in [6.07, 6.45) is 3.83. The molecule has 1 heterocycles. The second-order valence-electron chi connectivity index (χ2n) is 5.42. The van der Waals surface area contributed by atoms with E-state index in [4.69, 9.17) is 0 Å². The Labute approximate surface area is 132 Å². The van der Waals surface area contributed by atoms with Crippen LogP contribution in [0, 0.1) is 11.7 Å². The standard InChI is InChI=1S/C15H17FN4OS/c1-10(11-6-7-11)18-14(21)8-22-15-19-17-9-20(15)13-5-3-2-4-12(13)16/h2-5,9-11H,6-8H2,1H3,(H,18,21)/t10-/m1/s1. The number of para-hydroxylation sites is 1. The van der Waals surface area contributed by atoms with E-state index < -0.39 is 0 Å². The fourth-order valence-electron chi connectivity index (χ4n) is 2.27. The van der Waals surface area contributed by atoms with Crippen molar-refractivity contribution in [3.63, 3.8) is 0 Å². The van der Waals surface area contributed by atoms with Gasteiger partial charge in [-0.05, 0) is 37.8 Å². The van der Waals surface area contributed by atoms with Gasteiger partial charge in [-0.15, -0.1) is 10.2 Å². The quantitative estimate of drug-likeness (QED) is 0.831. The minimum absolute atomic E-state index is 0.0347. The fraction of sp³-hybridized carbons (Fsp3) is 0.400. The highest BCUT2D eigenvalue weighted by Crippen LogP contribution is 2.32. The maximum Gasteiger partial charge on any atom is 0.230 e. The van der Waals surface area contributed by atoms with Gasteiger partial charge in [-0.25, -0.2) is 4.39 Å². The van der Waals surface area contributed by atoms with Gasteiger partial charge in [-0.1, -0.05) is 23.9 Å². The van der Waals surface area contributed by atoms with Crippen molar-refractivity contribution in [2.45, 2.75) is 31.0 Å². The van der Waals surface area contributed by atoms with E-state index in [0.29, 0.717) is 16.8 Å². The van der Waals surface area contributed by atoms with Gasteiger partial charge in [0.1, 0.15) is 12.1 Å². The summed E-state index contributed by atoms with van der Waals surface area (Å²) in [5.74, 6) is 0.476. The van der Waals surface area contributed by atoms with Gasteiger partial charge in [0.25, 0.3) is 0 Å². The number of carbonyl (C=O) groups excluding carboxylic acids is 1. The largest absolute Gasteiger partial charge is 0.353 e. The molecule has 22 heavy (non-hydrogen) atoms. The predicted octanol–water partition coefficient (Wildman–Crippen LogP) is 2.41. The van der Waals surface area contributed by atoms with Crippen LogP contribution in [-0.2, 0) is 4.79 Å². The highest BCUT2D eigenvalue weighted by atomic mass is 32.2. The number of halogens is 1. The van der Waals surface area contributed by atoms with Crippen LogP contribution in [0.5, 0.6) is 0 Å². The number of thioether (sulfide) groups is 1. The van der Waals surface area contributed by atoms with E-state index in [-0.39, 0.29) is 23.5 Å². The first-order valence-electron chi connectivity index (χ1n) is 7.22. The number of hydrogen-bond acceptors (Lipinski definition) is 4. The Morgan fingerprint density at radius 2 is 2.27 bits per heavy atom. The maximum absolute atomic E-state index is 13.8. The predicted molar refractivity (Wildman–Crippen MR) is 82.4 cm³/mol. The molecule has 1 saturated carbocycles. The van der Waals surface area contributed by atoms with Crippen molar-refractivity contribution in [1.82, 2.24) is 20.1 Å². The first-order chi connectivity index (χ1) is 10.6. The molecular weight excluding hydrogens is 303 g/mol. The molecule has 1 atom stereocenters. The fourth-order valence-corrected chi connectivity index (χ4v) is 3.01. The number of rotatable bonds is 6. The molecule has 1 aliphatic carbocycles. The molecular formula is C15H17FN4OS. The molecule has 0 aliphatic heterocycles. The number of hydrogen-bond donors (Lipinski definition) is 1. The van der Waals surface area contributed by atoms with Gasteiger partial charge in [-0.2, -0.15) is 0 Å². The van der Waals surface area contributed by atoms with Crippen molar-refractivity contribution < 1.29 is 9.18 Å². The van der Waals surface area contributed by atoms with Crippen LogP contribution in [-0.4, -0.2) is 32.5 Å². The van der Waals surface area contributed by atoms with Crippen LogP contribution in [0.15, 0.2) is 35.7 Å². The summed E-state index contributed by atoms with van der Waals surface area (Å²) in [5, 5.41) is 11.3. The topological polar surface area (TPSA) is 59.8 Å². The minimum Gasteiger partial charge on any atom is -0.353 e. The first kappa shape index (κ1) is 15.0. The third-order valence-corrected chi connectivity index (χ3v) is 4.62. The lowest BCUT2D eigenvalue weighted by molar-refractivity contribution is -0.119. The molecule has 0 radical (unpaired) electrons. The molecule has 1 aromatic heterocycles. The van der Waals surface area contributed by atoms with Gasteiger partial charge in [-0.3, -0.25) is 9.36 Å². The normalized spacial score (nSPS) is 15.5. The van der Waals surface area contributed by atoms with Crippen LogP contribution in [0.1, 0.15) is 19.8 Å². The summed E-state index contributed by atoms with van der Waals surface area (Å²) in [4.78, 5) is 11.9. The van der Waals surface area contributed by atoms with E-state index in [0.717, 1.165) is 0 Å². The average molecular weight is 320 g/mol. The van der Waals surface area contributed by atoms with E-state index in [1.807, 2.05) is 6.92 Å². The number of nitrogens with zero attached hydrogens (tertiary/aromatic N) is 3. The lowest BCUT2D eigenvalue weighted by Gasteiger charge is -2.12. The number of carbonyl (C=O) groups is 1. The summed E-state index contributed by atoms with van der Waals surface area (Å²) >= 11 is 1.25. The van der Waals surface area contributed by atoms with Gasteiger partial charge >= 0.3 is 0 Å². The molecule has 1 aliphatic rings. The molecule has 1 N–H and O–H groups in total. The number of nitrogens with one attached hydrogen (secondary N) is 1. The second kappa shape index (κ2) is 6.48. The summed E-state index contributed by atoms with van der Waals surface area (Å²) in [5.41, 5.74) is 0.377. The molecule has 1 aromatic carbocycles. The zero-order valence-electron chi connectivity index (χ0n) is 12.2. The van der Waals surface area contributed by atoms with Gasteiger partial charge in [0, 0.05) is 6.04 Å². The molecule has 5 nitrogen and oxygen atoms in total. The van der Waals surface area contributed by atoms with Gasteiger partial charge in [0.05, 0.1) is 11.4 Å². The molecule has 1 amide bonds. The molecule has 1 fully saturated rings. The van der Waals surface area contributed by atoms with Crippen LogP contribution >= 0.6 is 11.8 Å². The number of amides is 1. The Hall–Kier alpha value is -1.89. The van der Waals surface area contributed by atoms with Gasteiger partial charge < -0.3 is 5.32 Å². The zero-order chi connectivity index (χ0) is 15.5. The van der Waals surface area contributed by atoms with Crippen molar-refractivity contribution >= 4 is 17.7 Å². The Balaban J connectivity index is 1.63. The van der Waals surface area contributed by atoms with E-state index in [1.165, 1.54) is 37.0 Å². The monoisotopic (exact) mass is 320 g/mol. The summed E-state index contributed by atoms with van der Waals surface area (Å²) in [6, 6.07) is 6.63. The van der Waals surface area contributed by atoms with Crippen LogP contribution in [0.25, 0.3) is 5.69 Å². The van der Waals surface area contributed by atoms with Crippen molar-refractivity contribution in [2.24, 2.45) is 5.92 Å². The summed E-state index contributed by atoms with van der Waals surface area (Å²) in [7, 11) is 0. The van der Waals surface area contributed by atoms with Gasteiger partial charge in [0.2, 0.25) is 5.91 Å². The lowest BCUT2D eigenvalue weighted by Crippen LogP contribution is -2.35. The van der Waals surface area contributed by atoms with E-state index in [1.54, 1.807) is 22.8 Å². The van der Waals surface area contributed by atoms with E-state index >= 15 is 0 Å². The van der Waals surface area contributed by atoms with E-state index in [9.17, 15) is 9.18 Å². The zero-order valence-corrected chi connectivity index (χ0v) is 13.0. The lowest BCUT2D eigenvalue weighted by atomic mass is 10.2. The minimum atomic E-state index is -0.351. The Morgan fingerprint density at radius 1 is 1.50 bits per heavy atom. The van der Waals surface area contributed by atoms with Crippen LogP contribution in [0.2, 0.25) is 0 Å². The van der Waals surface area contributed by atoms with Crippen LogP contribution in [0.4, 0.5) is 4.39 Å². The van der Waals surface area contributed by atoms with Crippen LogP contribution < -0.4 is 5.32 Å². The number of benzene rings is 1. The van der Waals surface area contributed by atoms with Crippen molar-refractivity contribution in [1.29, 1.82) is 0 Å². The summed E-state index contributed by atoms with van der Waals surface area (Å²) < 4.78 is 15.4. The molecule has 0 spiro atoms. The third-order valence-electron chi connectivity index (χ3n) is 3.68. The SMILES string of the molecule is C[C@@H](NC(=O)CSc1nncn1-c1ccccc1F)C1CC1. The van der Waals surface area contributed by atoms with Crippen LogP contribution in [0.3, 0.4) is 0 Å². The van der Waals surface area contributed by atoms with Crippen molar-refractivity contribution in [3.05, 3.63) is 36.4 Å². The highest BCUT2D eigenvalue weighted by Gasteiger charge is 2.28. The second-order valence-corrected chi connectivity index (χ2v) is 6.36. The molecule has 2 aromatic rings. The molecule has 0 saturated heterocycles. The molecule has 116 valence electrons. The van der Waals surface area contributed by atoms with Gasteiger partial charge in [0.15, 0.2) is 5.16 Å². The Kier molecular flexibility index (Phi) is 4.42. The van der Waals surface area contributed by atoms with Crippen molar-refractivity contribution in [2.75, 3.05) is 5.75 Å². The Morgan fingerprint density at radius 3 is 3.00 bits per heavy atom. The molecule has 7 heteroatoms. The first-order valence-corrected chi connectivity index (χ1v) is 8.21. The smallest absolute Gasteiger partial charge is 0.230 e. The average Bonchev–Trinajstić information content (AvgIpc) is 3.25.